The van der Waals surface area contributed by atoms with E-state index in [4.69, 9.17) is 4.74 Å². The number of H-pyrrole nitrogens is 1. The Balaban J connectivity index is 1.80. The SMILES string of the molecule is COC(=O)C1CC(=O)N(Cc2cccc3[nH]ncc23)C1. The molecule has 1 aliphatic heterocycles. The van der Waals surface area contributed by atoms with Crippen molar-refractivity contribution in [1.82, 2.24) is 15.1 Å². The van der Waals surface area contributed by atoms with Crippen LogP contribution < -0.4 is 0 Å². The Kier molecular flexibility index (Phi) is 3.14. The van der Waals surface area contributed by atoms with Gasteiger partial charge in [-0.15, -0.1) is 0 Å². The number of nitrogens with zero attached hydrogens (tertiary/aromatic N) is 2. The largest absolute Gasteiger partial charge is 0.469 e. The molecule has 1 unspecified atom stereocenters. The number of aromatic nitrogens is 2. The first-order valence-electron chi connectivity index (χ1n) is 6.45. The number of amides is 1. The quantitative estimate of drug-likeness (QED) is 0.849. The summed E-state index contributed by atoms with van der Waals surface area (Å²) in [5.41, 5.74) is 1.97. The normalized spacial score (nSPS) is 18.8. The number of benzene rings is 1. The van der Waals surface area contributed by atoms with E-state index in [9.17, 15) is 9.59 Å². The molecule has 2 heterocycles. The van der Waals surface area contributed by atoms with E-state index in [1.807, 2.05) is 18.2 Å². The molecule has 104 valence electrons. The van der Waals surface area contributed by atoms with Crippen LogP contribution in [0.2, 0.25) is 0 Å². The molecule has 1 aromatic heterocycles. The highest BCUT2D eigenvalue weighted by Gasteiger charge is 2.35. The molecule has 1 fully saturated rings. The molecule has 0 bridgehead atoms. The molecule has 6 heteroatoms. The first-order valence-corrected chi connectivity index (χ1v) is 6.45. The number of carbonyl (C=O) groups excluding carboxylic acids is 2. The maximum absolute atomic E-state index is 12.0. The lowest BCUT2D eigenvalue weighted by molar-refractivity contribution is -0.145. The van der Waals surface area contributed by atoms with Crippen LogP contribution >= 0.6 is 0 Å². The molecule has 1 N–H and O–H groups in total. The average molecular weight is 273 g/mol. The van der Waals surface area contributed by atoms with Crippen LogP contribution in [0, 0.1) is 5.92 Å². The third kappa shape index (κ3) is 2.13. The molecule has 1 amide bonds. The summed E-state index contributed by atoms with van der Waals surface area (Å²) in [6.07, 6.45) is 1.98. The van der Waals surface area contributed by atoms with E-state index in [1.165, 1.54) is 7.11 Å². The molecule has 1 aliphatic rings. The summed E-state index contributed by atoms with van der Waals surface area (Å²) in [6, 6.07) is 5.83. The molecule has 0 aliphatic carbocycles. The van der Waals surface area contributed by atoms with E-state index in [0.717, 1.165) is 16.5 Å². The molecular weight excluding hydrogens is 258 g/mol. The van der Waals surface area contributed by atoms with Gasteiger partial charge in [0.1, 0.15) is 0 Å². The molecule has 20 heavy (non-hydrogen) atoms. The molecule has 0 radical (unpaired) electrons. The number of aromatic amines is 1. The molecular formula is C14H15N3O3. The molecule has 0 spiro atoms. The summed E-state index contributed by atoms with van der Waals surface area (Å²) in [6.45, 7) is 0.906. The second kappa shape index (κ2) is 4.96. The van der Waals surface area contributed by atoms with E-state index in [0.29, 0.717) is 13.1 Å². The van der Waals surface area contributed by atoms with Crippen molar-refractivity contribution in [2.45, 2.75) is 13.0 Å². The smallest absolute Gasteiger partial charge is 0.310 e. The predicted molar refractivity (Wildman–Crippen MR) is 71.6 cm³/mol. The van der Waals surface area contributed by atoms with Crippen molar-refractivity contribution >= 4 is 22.8 Å². The Morgan fingerprint density at radius 3 is 3.20 bits per heavy atom. The van der Waals surface area contributed by atoms with Crippen LogP contribution in [0.1, 0.15) is 12.0 Å². The molecule has 3 rings (SSSR count). The van der Waals surface area contributed by atoms with Crippen LogP contribution in [-0.2, 0) is 20.9 Å². The van der Waals surface area contributed by atoms with Crippen molar-refractivity contribution in [1.29, 1.82) is 0 Å². The Labute approximate surface area is 115 Å². The van der Waals surface area contributed by atoms with Crippen molar-refractivity contribution in [3.05, 3.63) is 30.0 Å². The second-order valence-corrected chi connectivity index (χ2v) is 4.95. The van der Waals surface area contributed by atoms with Gasteiger partial charge in [0.25, 0.3) is 0 Å². The Morgan fingerprint density at radius 2 is 2.40 bits per heavy atom. The van der Waals surface area contributed by atoms with Crippen LogP contribution in [0.25, 0.3) is 10.9 Å². The van der Waals surface area contributed by atoms with Gasteiger partial charge in [-0.25, -0.2) is 0 Å². The van der Waals surface area contributed by atoms with E-state index in [2.05, 4.69) is 10.2 Å². The lowest BCUT2D eigenvalue weighted by atomic mass is 10.1. The topological polar surface area (TPSA) is 75.3 Å². The van der Waals surface area contributed by atoms with Gasteiger partial charge in [0, 0.05) is 24.9 Å². The Morgan fingerprint density at radius 1 is 1.55 bits per heavy atom. The maximum atomic E-state index is 12.0. The van der Waals surface area contributed by atoms with Crippen LogP contribution in [0.15, 0.2) is 24.4 Å². The third-order valence-corrected chi connectivity index (χ3v) is 3.69. The minimum absolute atomic E-state index is 0.0131. The van der Waals surface area contributed by atoms with Gasteiger partial charge in [-0.3, -0.25) is 14.7 Å². The lowest BCUT2D eigenvalue weighted by Gasteiger charge is -2.16. The van der Waals surface area contributed by atoms with Gasteiger partial charge in [0.05, 0.1) is 24.7 Å². The van der Waals surface area contributed by atoms with Crippen molar-refractivity contribution in [2.75, 3.05) is 13.7 Å². The van der Waals surface area contributed by atoms with Gasteiger partial charge in [-0.1, -0.05) is 12.1 Å². The minimum atomic E-state index is -0.351. The second-order valence-electron chi connectivity index (χ2n) is 4.95. The molecule has 6 nitrogen and oxygen atoms in total. The zero-order chi connectivity index (χ0) is 14.1. The first kappa shape index (κ1) is 12.7. The summed E-state index contributed by atoms with van der Waals surface area (Å²) in [5, 5.41) is 7.92. The van der Waals surface area contributed by atoms with Crippen LogP contribution in [0.4, 0.5) is 0 Å². The lowest BCUT2D eigenvalue weighted by Crippen LogP contribution is -2.26. The molecule has 0 saturated carbocycles. The van der Waals surface area contributed by atoms with Crippen molar-refractivity contribution in [2.24, 2.45) is 5.92 Å². The number of rotatable bonds is 3. The van der Waals surface area contributed by atoms with Gasteiger partial charge < -0.3 is 9.64 Å². The van der Waals surface area contributed by atoms with Gasteiger partial charge in [-0.05, 0) is 11.6 Å². The van der Waals surface area contributed by atoms with Crippen LogP contribution in [0.5, 0.6) is 0 Å². The third-order valence-electron chi connectivity index (χ3n) is 3.69. The highest BCUT2D eigenvalue weighted by atomic mass is 16.5. The van der Waals surface area contributed by atoms with Crippen LogP contribution in [-0.4, -0.2) is 40.6 Å². The zero-order valence-corrected chi connectivity index (χ0v) is 11.1. The average Bonchev–Trinajstić information content (AvgIpc) is 3.06. The number of methoxy groups -OCH3 is 1. The minimum Gasteiger partial charge on any atom is -0.469 e. The maximum Gasteiger partial charge on any atom is 0.310 e. The number of hydrogen-bond acceptors (Lipinski definition) is 4. The summed E-state index contributed by atoms with van der Waals surface area (Å²) in [7, 11) is 1.35. The summed E-state index contributed by atoms with van der Waals surface area (Å²) in [4.78, 5) is 25.2. The van der Waals surface area contributed by atoms with E-state index in [-0.39, 0.29) is 24.2 Å². The van der Waals surface area contributed by atoms with E-state index in [1.54, 1.807) is 11.1 Å². The number of fused-ring (bicyclic) bond motifs is 1. The van der Waals surface area contributed by atoms with Crippen LogP contribution in [0.3, 0.4) is 0 Å². The first-order chi connectivity index (χ1) is 9.69. The molecule has 2 aromatic rings. The summed E-state index contributed by atoms with van der Waals surface area (Å²) >= 11 is 0. The number of esters is 1. The highest BCUT2D eigenvalue weighted by Crippen LogP contribution is 2.24. The highest BCUT2D eigenvalue weighted by molar-refractivity contribution is 5.87. The van der Waals surface area contributed by atoms with Crippen molar-refractivity contribution in [3.63, 3.8) is 0 Å². The standard InChI is InChI=1S/C14H15N3O3/c1-20-14(19)10-5-13(18)17(8-10)7-9-3-2-4-12-11(9)6-15-16-12/h2-4,6,10H,5,7-8H2,1H3,(H,15,16). The van der Waals surface area contributed by atoms with Crippen molar-refractivity contribution < 1.29 is 14.3 Å². The van der Waals surface area contributed by atoms with Gasteiger partial charge in [-0.2, -0.15) is 5.10 Å². The fourth-order valence-electron chi connectivity index (χ4n) is 2.62. The summed E-state index contributed by atoms with van der Waals surface area (Å²) < 4.78 is 4.71. The Hall–Kier alpha value is -2.37. The predicted octanol–water partition coefficient (Wildman–Crippen LogP) is 1.08. The van der Waals surface area contributed by atoms with E-state index < -0.39 is 0 Å². The fourth-order valence-corrected chi connectivity index (χ4v) is 2.62. The molecule has 1 atom stereocenters. The van der Waals surface area contributed by atoms with Gasteiger partial charge in [0.2, 0.25) is 5.91 Å². The number of nitrogens with one attached hydrogen (secondary N) is 1. The fraction of sp³-hybridized carbons (Fsp3) is 0.357. The zero-order valence-electron chi connectivity index (χ0n) is 11.1. The number of likely N-dealkylation sites (tertiary alicyclic amines) is 1. The van der Waals surface area contributed by atoms with Gasteiger partial charge >= 0.3 is 5.97 Å². The van der Waals surface area contributed by atoms with Gasteiger partial charge in [0.15, 0.2) is 0 Å². The summed E-state index contributed by atoms with van der Waals surface area (Å²) in [5.74, 6) is -0.681. The monoisotopic (exact) mass is 273 g/mol. The Bertz CT molecular complexity index is 664. The van der Waals surface area contributed by atoms with Crippen molar-refractivity contribution in [3.8, 4) is 0 Å². The number of carbonyl (C=O) groups is 2. The number of hydrogen-bond donors (Lipinski definition) is 1. The van der Waals surface area contributed by atoms with E-state index >= 15 is 0 Å². The number of ether oxygens (including phenoxy) is 1. The molecule has 1 saturated heterocycles. The molecule has 1 aromatic carbocycles.